The molecule has 0 radical (unpaired) electrons. The molecule has 350 valence electrons. The van der Waals surface area contributed by atoms with Crippen LogP contribution in [-0.2, 0) is 6.42 Å². The monoisotopic (exact) mass is 955 g/mol. The molecule has 3 aromatic heterocycles. The number of benzene rings is 11. The molecule has 1 aliphatic rings. The van der Waals surface area contributed by atoms with Crippen LogP contribution in [0.25, 0.3) is 134 Å². The summed E-state index contributed by atoms with van der Waals surface area (Å²) in [5.74, 6) is 1.94. The van der Waals surface area contributed by atoms with Gasteiger partial charge in [0.1, 0.15) is 0 Å². The maximum absolute atomic E-state index is 5.07. The van der Waals surface area contributed by atoms with Gasteiger partial charge in [-0.2, -0.15) is 0 Å². The van der Waals surface area contributed by atoms with Crippen LogP contribution in [0, 0.1) is 0 Å². The molecule has 15 rings (SSSR count). The molecule has 0 saturated carbocycles. The highest BCUT2D eigenvalue weighted by Gasteiger charge is 2.24. The van der Waals surface area contributed by atoms with Crippen LogP contribution in [0.5, 0.6) is 0 Å². The second-order valence-electron chi connectivity index (χ2n) is 19.6. The minimum atomic E-state index is 0.643. The summed E-state index contributed by atoms with van der Waals surface area (Å²) < 4.78 is 4.79. The molecule has 0 spiro atoms. The summed E-state index contributed by atoms with van der Waals surface area (Å²) in [4.78, 5) is 15.1. The smallest absolute Gasteiger partial charge is 0.164 e. The number of hydrogen-bond acceptors (Lipinski definition) is 3. The Morgan fingerprint density at radius 3 is 1.25 bits per heavy atom. The van der Waals surface area contributed by atoms with Crippen LogP contribution in [0.15, 0.2) is 261 Å². The zero-order valence-electron chi connectivity index (χ0n) is 40.8. The molecule has 11 aromatic carbocycles. The van der Waals surface area contributed by atoms with Crippen LogP contribution in [-0.4, -0.2) is 24.1 Å². The predicted octanol–water partition coefficient (Wildman–Crippen LogP) is 17.6. The normalized spacial score (nSPS) is 11.9. The number of aromatic nitrogens is 5. The first-order chi connectivity index (χ1) is 37.2. The second-order valence-corrected chi connectivity index (χ2v) is 19.6. The first-order valence-electron chi connectivity index (χ1n) is 25.6. The fourth-order valence-electron chi connectivity index (χ4n) is 11.7. The van der Waals surface area contributed by atoms with Gasteiger partial charge in [-0.1, -0.05) is 182 Å². The number of nitrogens with zero attached hydrogens (tertiary/aromatic N) is 5. The molecule has 3 heterocycles. The van der Waals surface area contributed by atoms with Crippen molar-refractivity contribution in [2.24, 2.45) is 0 Å². The quantitative estimate of drug-likeness (QED) is 0.152. The molecule has 5 nitrogen and oxygen atoms in total. The zero-order chi connectivity index (χ0) is 49.4. The maximum atomic E-state index is 5.07. The molecular weight excluding hydrogens is 911 g/mol. The molecule has 0 N–H and O–H groups in total. The summed E-state index contributed by atoms with van der Waals surface area (Å²) in [6, 6.07) is 94.0. The fraction of sp³-hybridized carbons (Fsp3) is 0.0143. The van der Waals surface area contributed by atoms with Gasteiger partial charge in [0.25, 0.3) is 0 Å². The Morgan fingerprint density at radius 1 is 0.253 bits per heavy atom. The number of rotatable bonds is 8. The largest absolute Gasteiger partial charge is 0.309 e. The van der Waals surface area contributed by atoms with Crippen molar-refractivity contribution in [1.29, 1.82) is 0 Å². The highest BCUT2D eigenvalue weighted by atomic mass is 15.0. The second kappa shape index (κ2) is 17.4. The molecule has 14 aromatic rings. The van der Waals surface area contributed by atoms with Crippen molar-refractivity contribution in [3.63, 3.8) is 0 Å². The SMILES string of the molecule is c1ccc(-c2nc(-c3ccccc3)nc(-c3cccc(-c4cccc5c4-c4cc(-c6ccc7c(c6)c6cc(-c8ccc9c(c8)c8ccccc8n9-c8ccccc8)ccc6n7-c6ccccc6)ccc4C5)c3)n2)cc1. The van der Waals surface area contributed by atoms with E-state index in [1.807, 2.05) is 36.4 Å². The van der Waals surface area contributed by atoms with Crippen molar-refractivity contribution in [2.45, 2.75) is 6.42 Å². The van der Waals surface area contributed by atoms with Gasteiger partial charge in [0, 0.05) is 49.6 Å². The lowest BCUT2D eigenvalue weighted by atomic mass is 9.91. The maximum Gasteiger partial charge on any atom is 0.164 e. The molecule has 1 aliphatic carbocycles. The Hall–Kier alpha value is -9.97. The summed E-state index contributed by atoms with van der Waals surface area (Å²) in [5.41, 5.74) is 22.2. The van der Waals surface area contributed by atoms with E-state index >= 15 is 0 Å². The number of hydrogen-bond donors (Lipinski definition) is 0. The van der Waals surface area contributed by atoms with E-state index in [2.05, 4.69) is 234 Å². The van der Waals surface area contributed by atoms with Crippen LogP contribution >= 0.6 is 0 Å². The number of fused-ring (bicyclic) bond motifs is 9. The topological polar surface area (TPSA) is 48.5 Å². The minimum absolute atomic E-state index is 0.643. The Labute approximate surface area is 434 Å². The van der Waals surface area contributed by atoms with Crippen LogP contribution in [0.3, 0.4) is 0 Å². The van der Waals surface area contributed by atoms with Gasteiger partial charge in [-0.15, -0.1) is 0 Å². The van der Waals surface area contributed by atoms with Gasteiger partial charge in [0.2, 0.25) is 0 Å². The molecule has 0 atom stereocenters. The Bertz CT molecular complexity index is 4480. The van der Waals surface area contributed by atoms with E-state index in [-0.39, 0.29) is 0 Å². The van der Waals surface area contributed by atoms with Crippen LogP contribution < -0.4 is 0 Å². The standard InChI is InChI=1S/C70H45N5/c1-5-17-45(18-6-1)68-71-69(46-19-7-2-8-20-46)73-70(72-68)54-23-15-21-51(40-54)57-29-16-22-53-39-52-32-31-47(41-59(52)67(53)57)49-34-37-65-61(43-49)62-44-50(35-38-66(62)75(65)56-26-11-4-12-27-56)48-33-36-64-60(42-48)58-28-13-14-30-63(58)74(64)55-24-9-3-10-25-55/h1-38,40-44H,39H2. The van der Waals surface area contributed by atoms with Crippen LogP contribution in [0.2, 0.25) is 0 Å². The average molecular weight is 956 g/mol. The van der Waals surface area contributed by atoms with E-state index in [4.69, 9.17) is 15.0 Å². The molecule has 0 saturated heterocycles. The van der Waals surface area contributed by atoms with Crippen molar-refractivity contribution in [3.05, 3.63) is 272 Å². The van der Waals surface area contributed by atoms with Crippen molar-refractivity contribution in [1.82, 2.24) is 24.1 Å². The third-order valence-electron chi connectivity index (χ3n) is 15.2. The van der Waals surface area contributed by atoms with Gasteiger partial charge in [0.05, 0.1) is 22.1 Å². The molecule has 0 bridgehead atoms. The van der Waals surface area contributed by atoms with Crippen LogP contribution in [0.1, 0.15) is 11.1 Å². The summed E-state index contributed by atoms with van der Waals surface area (Å²) in [5, 5.41) is 4.93. The Morgan fingerprint density at radius 2 is 0.680 bits per heavy atom. The highest BCUT2D eigenvalue weighted by Crippen LogP contribution is 2.46. The van der Waals surface area contributed by atoms with E-state index in [0.29, 0.717) is 17.5 Å². The van der Waals surface area contributed by atoms with E-state index in [1.54, 1.807) is 0 Å². The average Bonchev–Trinajstić information content (AvgIpc) is 4.15. The summed E-state index contributed by atoms with van der Waals surface area (Å²) in [7, 11) is 0. The van der Waals surface area contributed by atoms with Crippen LogP contribution in [0.4, 0.5) is 0 Å². The first kappa shape index (κ1) is 42.7. The van der Waals surface area contributed by atoms with Gasteiger partial charge >= 0.3 is 0 Å². The first-order valence-corrected chi connectivity index (χ1v) is 25.6. The zero-order valence-corrected chi connectivity index (χ0v) is 40.8. The van der Waals surface area contributed by atoms with Gasteiger partial charge in [-0.05, 0) is 141 Å². The lowest BCUT2D eigenvalue weighted by Gasteiger charge is -2.13. The Balaban J connectivity index is 0.837. The van der Waals surface area contributed by atoms with Crippen molar-refractivity contribution in [2.75, 3.05) is 0 Å². The lowest BCUT2D eigenvalue weighted by Crippen LogP contribution is -2.00. The fourth-order valence-corrected chi connectivity index (χ4v) is 11.7. The van der Waals surface area contributed by atoms with Gasteiger partial charge in [-0.3, -0.25) is 0 Å². The molecule has 0 unspecified atom stereocenters. The summed E-state index contributed by atoms with van der Waals surface area (Å²) in [6.45, 7) is 0. The molecule has 5 heteroatoms. The third-order valence-corrected chi connectivity index (χ3v) is 15.2. The van der Waals surface area contributed by atoms with E-state index < -0.39 is 0 Å². The van der Waals surface area contributed by atoms with Crippen molar-refractivity contribution >= 4 is 43.6 Å². The third kappa shape index (κ3) is 7.20. The minimum Gasteiger partial charge on any atom is -0.309 e. The number of para-hydroxylation sites is 3. The van der Waals surface area contributed by atoms with E-state index in [1.165, 1.54) is 93.7 Å². The highest BCUT2D eigenvalue weighted by molar-refractivity contribution is 6.13. The van der Waals surface area contributed by atoms with E-state index in [0.717, 1.165) is 40.0 Å². The van der Waals surface area contributed by atoms with Crippen molar-refractivity contribution < 1.29 is 0 Å². The lowest BCUT2D eigenvalue weighted by molar-refractivity contribution is 1.07. The van der Waals surface area contributed by atoms with Gasteiger partial charge in [-0.25, -0.2) is 15.0 Å². The summed E-state index contributed by atoms with van der Waals surface area (Å²) >= 11 is 0. The van der Waals surface area contributed by atoms with E-state index in [9.17, 15) is 0 Å². The van der Waals surface area contributed by atoms with Gasteiger partial charge in [0.15, 0.2) is 17.5 Å². The van der Waals surface area contributed by atoms with Gasteiger partial charge < -0.3 is 9.13 Å². The predicted molar refractivity (Wildman–Crippen MR) is 309 cm³/mol. The molecule has 0 fully saturated rings. The Kier molecular flexibility index (Phi) is 9.88. The molecule has 75 heavy (non-hydrogen) atoms. The molecule has 0 amide bonds. The summed E-state index contributed by atoms with van der Waals surface area (Å²) in [6.07, 6.45) is 0.887. The molecular formula is C70H45N5. The molecule has 0 aliphatic heterocycles. The van der Waals surface area contributed by atoms with Crippen molar-refractivity contribution in [3.8, 4) is 90.0 Å².